The Kier molecular flexibility index (Phi) is 13.8. The third-order valence-electron chi connectivity index (χ3n) is 6.88. The number of unbranched alkanes of at least 4 members (excludes halogenated alkanes) is 4. The maximum atomic E-state index is 10.6. The fourth-order valence-electron chi connectivity index (χ4n) is 4.55. The topological polar surface area (TPSA) is 179 Å². The van der Waals surface area contributed by atoms with E-state index >= 15 is 0 Å². The Morgan fingerprint density at radius 2 is 1.29 bits per heavy atom. The molecule has 0 aromatic carbocycles. The molecule has 2 heterocycles. The second kappa shape index (κ2) is 15.7. The SMILES string of the molecule is CCCCCC(C)CCCCCOC1OC(CO)C(OC2OC(CO)C(O)C(O)C2O)C(O)C1O. The van der Waals surface area contributed by atoms with E-state index < -0.39 is 74.6 Å². The van der Waals surface area contributed by atoms with Gasteiger partial charge in [0.1, 0.15) is 48.8 Å². The van der Waals surface area contributed by atoms with Gasteiger partial charge in [-0.3, -0.25) is 0 Å². The summed E-state index contributed by atoms with van der Waals surface area (Å²) in [5, 5.41) is 70.2. The summed E-state index contributed by atoms with van der Waals surface area (Å²) in [4.78, 5) is 0. The first kappa shape index (κ1) is 30.8. The van der Waals surface area contributed by atoms with Crippen LogP contribution in [0.25, 0.3) is 0 Å². The summed E-state index contributed by atoms with van der Waals surface area (Å²) in [6, 6.07) is 0. The van der Waals surface area contributed by atoms with Gasteiger partial charge in [0.05, 0.1) is 13.2 Å². The number of hydrogen-bond acceptors (Lipinski definition) is 11. The summed E-state index contributed by atoms with van der Waals surface area (Å²) in [6.45, 7) is 3.56. The van der Waals surface area contributed by atoms with Gasteiger partial charge in [0, 0.05) is 6.61 Å². The fourth-order valence-corrected chi connectivity index (χ4v) is 4.55. The summed E-state index contributed by atoms with van der Waals surface area (Å²) in [6.07, 6.45) is -5.34. The first-order valence-electron chi connectivity index (χ1n) is 12.9. The molecule has 0 saturated carbocycles. The minimum Gasteiger partial charge on any atom is -0.394 e. The summed E-state index contributed by atoms with van der Waals surface area (Å²) < 4.78 is 22.1. The minimum absolute atomic E-state index is 0.315. The maximum Gasteiger partial charge on any atom is 0.187 e. The number of hydrogen-bond donors (Lipinski definition) is 7. The highest BCUT2D eigenvalue weighted by atomic mass is 16.7. The van der Waals surface area contributed by atoms with Crippen LogP contribution in [-0.2, 0) is 18.9 Å². The second-order valence-corrected chi connectivity index (χ2v) is 9.83. The Morgan fingerprint density at radius 1 is 0.686 bits per heavy atom. The maximum absolute atomic E-state index is 10.6. The number of ether oxygens (including phenoxy) is 4. The molecular formula is C24H46O11. The van der Waals surface area contributed by atoms with E-state index in [1.54, 1.807) is 0 Å². The van der Waals surface area contributed by atoms with Crippen molar-refractivity contribution in [3.8, 4) is 0 Å². The molecule has 0 amide bonds. The van der Waals surface area contributed by atoms with E-state index in [9.17, 15) is 35.7 Å². The van der Waals surface area contributed by atoms with Crippen LogP contribution in [0.2, 0.25) is 0 Å². The third kappa shape index (κ3) is 8.82. The van der Waals surface area contributed by atoms with Gasteiger partial charge in [0.2, 0.25) is 0 Å². The summed E-state index contributed by atoms with van der Waals surface area (Å²) >= 11 is 0. The second-order valence-electron chi connectivity index (χ2n) is 9.83. The predicted molar refractivity (Wildman–Crippen MR) is 124 cm³/mol. The lowest BCUT2D eigenvalue weighted by molar-refractivity contribution is -0.359. The first-order valence-corrected chi connectivity index (χ1v) is 12.9. The molecule has 2 aliphatic rings. The van der Waals surface area contributed by atoms with Crippen LogP contribution in [0.15, 0.2) is 0 Å². The Morgan fingerprint density at radius 3 is 1.91 bits per heavy atom. The molecule has 0 aliphatic carbocycles. The molecule has 2 saturated heterocycles. The van der Waals surface area contributed by atoms with Gasteiger partial charge in [0.15, 0.2) is 12.6 Å². The zero-order valence-electron chi connectivity index (χ0n) is 20.9. The standard InChI is InChI=1S/C24H46O11/c1-3-4-6-9-14(2)10-7-5-8-11-32-23-21(31)19(29)22(16(13-26)34-23)35-24-20(30)18(28)17(27)15(12-25)33-24/h14-31H,3-13H2,1-2H3. The highest BCUT2D eigenvalue weighted by molar-refractivity contribution is 4.94. The summed E-state index contributed by atoms with van der Waals surface area (Å²) in [7, 11) is 0. The quantitative estimate of drug-likeness (QED) is 0.140. The Hall–Kier alpha value is -0.440. The number of aliphatic hydroxyl groups is 7. The van der Waals surface area contributed by atoms with Crippen LogP contribution >= 0.6 is 0 Å². The molecule has 7 N–H and O–H groups in total. The van der Waals surface area contributed by atoms with E-state index in [4.69, 9.17) is 18.9 Å². The van der Waals surface area contributed by atoms with E-state index in [0.717, 1.165) is 25.7 Å². The van der Waals surface area contributed by atoms with E-state index in [-0.39, 0.29) is 0 Å². The van der Waals surface area contributed by atoms with Crippen molar-refractivity contribution in [2.75, 3.05) is 19.8 Å². The van der Waals surface area contributed by atoms with E-state index in [0.29, 0.717) is 12.5 Å². The van der Waals surface area contributed by atoms with Gasteiger partial charge in [-0.1, -0.05) is 58.8 Å². The van der Waals surface area contributed by atoms with Crippen LogP contribution < -0.4 is 0 Å². The summed E-state index contributed by atoms with van der Waals surface area (Å²) in [5.74, 6) is 0.701. The van der Waals surface area contributed by atoms with Crippen LogP contribution in [-0.4, -0.2) is 117 Å². The highest BCUT2D eigenvalue weighted by Gasteiger charge is 2.50. The van der Waals surface area contributed by atoms with Gasteiger partial charge < -0.3 is 54.7 Å². The van der Waals surface area contributed by atoms with Crippen LogP contribution in [0.4, 0.5) is 0 Å². The molecule has 35 heavy (non-hydrogen) atoms. The van der Waals surface area contributed by atoms with Crippen molar-refractivity contribution in [1.82, 2.24) is 0 Å². The van der Waals surface area contributed by atoms with Crippen molar-refractivity contribution < 1.29 is 54.7 Å². The van der Waals surface area contributed by atoms with Gasteiger partial charge in [-0.05, 0) is 12.3 Å². The minimum atomic E-state index is -1.69. The molecule has 2 rings (SSSR count). The molecule has 11 atom stereocenters. The molecule has 0 aromatic rings. The predicted octanol–water partition coefficient (Wildman–Crippen LogP) is -0.596. The molecule has 0 bridgehead atoms. The Bertz CT molecular complexity index is 564. The zero-order valence-corrected chi connectivity index (χ0v) is 20.9. The van der Waals surface area contributed by atoms with Crippen molar-refractivity contribution in [3.63, 3.8) is 0 Å². The molecule has 11 unspecified atom stereocenters. The molecule has 208 valence electrons. The Labute approximate surface area is 207 Å². The normalized spacial score (nSPS) is 39.0. The molecule has 2 fully saturated rings. The number of aliphatic hydroxyl groups excluding tert-OH is 7. The lowest BCUT2D eigenvalue weighted by Gasteiger charge is -2.45. The monoisotopic (exact) mass is 510 g/mol. The van der Waals surface area contributed by atoms with Gasteiger partial charge in [0.25, 0.3) is 0 Å². The molecule has 2 aliphatic heterocycles. The van der Waals surface area contributed by atoms with Gasteiger partial charge in [-0.25, -0.2) is 0 Å². The lowest BCUT2D eigenvalue weighted by atomic mass is 9.97. The van der Waals surface area contributed by atoms with Gasteiger partial charge in [-0.2, -0.15) is 0 Å². The van der Waals surface area contributed by atoms with Crippen LogP contribution in [0, 0.1) is 5.92 Å². The number of rotatable bonds is 15. The van der Waals surface area contributed by atoms with Gasteiger partial charge in [-0.15, -0.1) is 0 Å². The van der Waals surface area contributed by atoms with E-state index in [1.807, 2.05) is 0 Å². The highest BCUT2D eigenvalue weighted by Crippen LogP contribution is 2.29. The third-order valence-corrected chi connectivity index (χ3v) is 6.88. The van der Waals surface area contributed by atoms with E-state index in [2.05, 4.69) is 13.8 Å². The fraction of sp³-hybridized carbons (Fsp3) is 1.00. The van der Waals surface area contributed by atoms with Crippen molar-refractivity contribution in [1.29, 1.82) is 0 Å². The van der Waals surface area contributed by atoms with Crippen LogP contribution in [0.5, 0.6) is 0 Å². The van der Waals surface area contributed by atoms with Crippen LogP contribution in [0.3, 0.4) is 0 Å². The molecule has 0 spiro atoms. The zero-order chi connectivity index (χ0) is 26.0. The summed E-state index contributed by atoms with van der Waals surface area (Å²) in [5.41, 5.74) is 0. The van der Waals surface area contributed by atoms with Gasteiger partial charge >= 0.3 is 0 Å². The largest absolute Gasteiger partial charge is 0.394 e. The Balaban J connectivity index is 1.79. The molecule has 11 nitrogen and oxygen atoms in total. The van der Waals surface area contributed by atoms with Crippen molar-refractivity contribution in [3.05, 3.63) is 0 Å². The molecule has 11 heteroatoms. The first-order chi connectivity index (χ1) is 16.7. The molecular weight excluding hydrogens is 464 g/mol. The van der Waals surface area contributed by atoms with Crippen molar-refractivity contribution in [2.24, 2.45) is 5.92 Å². The van der Waals surface area contributed by atoms with E-state index in [1.165, 1.54) is 25.7 Å². The average Bonchev–Trinajstić information content (AvgIpc) is 2.85. The lowest BCUT2D eigenvalue weighted by Crippen LogP contribution is -2.64. The van der Waals surface area contributed by atoms with Crippen molar-refractivity contribution >= 4 is 0 Å². The molecule has 0 radical (unpaired) electrons. The molecule has 0 aromatic heterocycles. The smallest absolute Gasteiger partial charge is 0.187 e. The van der Waals surface area contributed by atoms with Crippen molar-refractivity contribution in [2.45, 2.75) is 127 Å². The average molecular weight is 511 g/mol. The van der Waals surface area contributed by atoms with Crippen LogP contribution in [0.1, 0.15) is 65.2 Å².